The van der Waals surface area contributed by atoms with Gasteiger partial charge in [-0.1, -0.05) is 66.8 Å². The fourth-order valence-corrected chi connectivity index (χ4v) is 4.18. The van der Waals surface area contributed by atoms with E-state index in [2.05, 4.69) is 73.2 Å². The third-order valence-corrected chi connectivity index (χ3v) is 5.93. The number of hydrogen-bond donors (Lipinski definition) is 0. The molecule has 3 aromatic heterocycles. The molecule has 3 nitrogen and oxygen atoms in total. The largest absolute Gasteiger partial charge is 0.500 e. The molecule has 0 amide bonds. The molecule has 6 rings (SSSR count). The van der Waals surface area contributed by atoms with E-state index in [4.69, 9.17) is 4.42 Å². The number of benzene rings is 3. The smallest absolute Gasteiger partial charge is 0.124 e. The van der Waals surface area contributed by atoms with Crippen LogP contribution in [0.2, 0.25) is 0 Å². The summed E-state index contributed by atoms with van der Waals surface area (Å²) in [6.45, 7) is 6.45. The fourth-order valence-electron chi connectivity index (χ4n) is 4.18. The van der Waals surface area contributed by atoms with E-state index in [1.807, 2.05) is 60.8 Å². The molecule has 0 atom stereocenters. The summed E-state index contributed by atoms with van der Waals surface area (Å²) in [5.74, 6) is 0.420. The Morgan fingerprint density at radius 1 is 0.722 bits per heavy atom. The zero-order chi connectivity index (χ0) is 24.2. The second-order valence-electron chi connectivity index (χ2n) is 8.79. The molecule has 1 radical (unpaired) electrons. The van der Waals surface area contributed by atoms with Crippen molar-refractivity contribution >= 4 is 21.9 Å². The van der Waals surface area contributed by atoms with Gasteiger partial charge in [0.15, 0.2) is 0 Å². The molecule has 0 N–H and O–H groups in total. The zero-order valence-electron chi connectivity index (χ0n) is 20.5. The van der Waals surface area contributed by atoms with Crippen LogP contribution in [0.15, 0.2) is 102 Å². The molecule has 0 unspecified atom stereocenters. The van der Waals surface area contributed by atoms with Crippen LogP contribution >= 0.6 is 0 Å². The van der Waals surface area contributed by atoms with Crippen molar-refractivity contribution in [3.63, 3.8) is 0 Å². The number of furan rings is 1. The Hall–Kier alpha value is -3.59. The van der Waals surface area contributed by atoms with Gasteiger partial charge in [-0.05, 0) is 41.9 Å². The van der Waals surface area contributed by atoms with E-state index in [1.54, 1.807) is 6.20 Å². The van der Waals surface area contributed by atoms with E-state index >= 15 is 0 Å². The molecule has 0 fully saturated rings. The van der Waals surface area contributed by atoms with Gasteiger partial charge in [0.05, 0.1) is 5.58 Å². The average molecular weight is 647 g/mol. The second kappa shape index (κ2) is 11.4. The van der Waals surface area contributed by atoms with Crippen molar-refractivity contribution < 1.29 is 24.5 Å². The first-order valence-electron chi connectivity index (χ1n) is 11.8. The van der Waals surface area contributed by atoms with Crippen LogP contribution in [-0.4, -0.2) is 9.97 Å². The van der Waals surface area contributed by atoms with Crippen LogP contribution in [0.1, 0.15) is 30.9 Å². The van der Waals surface area contributed by atoms with E-state index in [-0.39, 0.29) is 20.1 Å². The molecule has 0 bridgehead atoms. The Balaban J connectivity index is 0.000000198. The zero-order valence-corrected chi connectivity index (χ0v) is 22.8. The molecule has 0 saturated carbocycles. The van der Waals surface area contributed by atoms with Gasteiger partial charge in [0.25, 0.3) is 0 Å². The topological polar surface area (TPSA) is 38.9 Å². The molecule has 0 aliphatic heterocycles. The number of hydrogen-bond acceptors (Lipinski definition) is 3. The Kier molecular flexibility index (Phi) is 8.10. The summed E-state index contributed by atoms with van der Waals surface area (Å²) in [5.41, 5.74) is 8.11. The molecule has 0 spiro atoms. The summed E-state index contributed by atoms with van der Waals surface area (Å²) in [6, 6.07) is 34.6. The van der Waals surface area contributed by atoms with Gasteiger partial charge in [-0.15, -0.1) is 54.1 Å². The summed E-state index contributed by atoms with van der Waals surface area (Å²) >= 11 is 0. The second-order valence-corrected chi connectivity index (χ2v) is 8.79. The van der Waals surface area contributed by atoms with E-state index in [0.29, 0.717) is 5.92 Å². The van der Waals surface area contributed by atoms with Crippen molar-refractivity contribution in [3.8, 4) is 22.5 Å². The van der Waals surface area contributed by atoms with E-state index < -0.39 is 0 Å². The maximum atomic E-state index is 6.30. The van der Waals surface area contributed by atoms with Crippen LogP contribution in [0, 0.1) is 19.1 Å². The molecule has 181 valence electrons. The number of aromatic nitrogens is 2. The third-order valence-electron chi connectivity index (χ3n) is 5.93. The summed E-state index contributed by atoms with van der Waals surface area (Å²) < 4.78 is 6.30. The summed E-state index contributed by atoms with van der Waals surface area (Å²) in [6.07, 6.45) is 3.62. The predicted molar refractivity (Wildman–Crippen MR) is 143 cm³/mol. The van der Waals surface area contributed by atoms with Crippen molar-refractivity contribution in [1.82, 2.24) is 9.97 Å². The van der Waals surface area contributed by atoms with Crippen LogP contribution in [0.3, 0.4) is 0 Å². The molecule has 0 saturated heterocycles. The van der Waals surface area contributed by atoms with Crippen LogP contribution in [0.5, 0.6) is 0 Å². The van der Waals surface area contributed by atoms with Crippen molar-refractivity contribution in [1.29, 1.82) is 0 Å². The minimum atomic E-state index is 0. The molecular weight excluding hydrogens is 621 g/mol. The standard InChI is InChI=1S/C21H18NO.C11H8N.Ir/c1-13(2)15-6-4-7-16-17-8-5-9-18(21(17)23-20(15)16)19-12-14(3)10-11-22-19;1-2-6-10(7-3-1)11-8-4-5-9-12-11;/h4-8,10-13H,1-3H3;1-6,8-9H;/q2*-1;. The van der Waals surface area contributed by atoms with Crippen molar-refractivity contribution in [2.24, 2.45) is 0 Å². The van der Waals surface area contributed by atoms with E-state index in [9.17, 15) is 0 Å². The van der Waals surface area contributed by atoms with Gasteiger partial charge in [-0.3, -0.25) is 0 Å². The average Bonchev–Trinajstić information content (AvgIpc) is 3.29. The third kappa shape index (κ3) is 5.31. The quantitative estimate of drug-likeness (QED) is 0.181. The number of aryl methyl sites for hydroxylation is 1. The molecule has 0 aliphatic rings. The fraction of sp³-hybridized carbons (Fsp3) is 0.125. The molecular formula is C32H26IrN2O-2. The first-order chi connectivity index (χ1) is 17.1. The van der Waals surface area contributed by atoms with Gasteiger partial charge >= 0.3 is 0 Å². The molecule has 6 aromatic rings. The normalized spacial score (nSPS) is 10.7. The summed E-state index contributed by atoms with van der Waals surface area (Å²) in [7, 11) is 0. The Morgan fingerprint density at radius 2 is 1.53 bits per heavy atom. The molecule has 36 heavy (non-hydrogen) atoms. The van der Waals surface area contributed by atoms with Gasteiger partial charge in [0.1, 0.15) is 5.58 Å². The SMILES string of the molecule is Cc1ccnc(-c2[c-]ccc3c2oc2c(C(C)C)cccc23)c1.[Ir].[c-]1ccccc1-c1ccccn1. The van der Waals surface area contributed by atoms with Crippen molar-refractivity contribution in [3.05, 3.63) is 121 Å². The van der Waals surface area contributed by atoms with Gasteiger partial charge in [-0.25, -0.2) is 0 Å². The van der Waals surface area contributed by atoms with E-state index in [1.165, 1.54) is 11.1 Å². The minimum Gasteiger partial charge on any atom is -0.500 e. The first-order valence-corrected chi connectivity index (χ1v) is 11.8. The maximum Gasteiger partial charge on any atom is 0.124 e. The molecule has 3 aromatic carbocycles. The maximum absolute atomic E-state index is 6.30. The van der Waals surface area contributed by atoms with Crippen LogP contribution in [-0.2, 0) is 20.1 Å². The monoisotopic (exact) mass is 647 g/mol. The van der Waals surface area contributed by atoms with Gasteiger partial charge < -0.3 is 14.4 Å². The van der Waals surface area contributed by atoms with Crippen LogP contribution in [0.25, 0.3) is 44.5 Å². The molecule has 4 heteroatoms. The number of nitrogens with zero attached hydrogens (tertiary/aromatic N) is 2. The molecule has 0 aliphatic carbocycles. The van der Waals surface area contributed by atoms with Crippen molar-refractivity contribution in [2.75, 3.05) is 0 Å². The summed E-state index contributed by atoms with van der Waals surface area (Å²) in [4.78, 5) is 8.71. The Bertz CT molecular complexity index is 1540. The van der Waals surface area contributed by atoms with Crippen LogP contribution < -0.4 is 0 Å². The van der Waals surface area contributed by atoms with Gasteiger partial charge in [-0.2, -0.15) is 0 Å². The number of para-hydroxylation sites is 1. The number of fused-ring (bicyclic) bond motifs is 3. The molecule has 3 heterocycles. The first kappa shape index (κ1) is 25.5. The number of rotatable bonds is 3. The Morgan fingerprint density at radius 3 is 2.25 bits per heavy atom. The van der Waals surface area contributed by atoms with Crippen molar-refractivity contribution in [2.45, 2.75) is 26.7 Å². The minimum absolute atomic E-state index is 0. The Labute approximate surface area is 225 Å². The van der Waals surface area contributed by atoms with Gasteiger partial charge in [0.2, 0.25) is 0 Å². The number of pyridine rings is 2. The predicted octanol–water partition coefficient (Wildman–Crippen LogP) is 8.43. The van der Waals surface area contributed by atoms with E-state index in [0.717, 1.165) is 44.5 Å². The summed E-state index contributed by atoms with van der Waals surface area (Å²) in [5, 5.41) is 2.29. The van der Waals surface area contributed by atoms with Gasteiger partial charge in [0, 0.05) is 37.9 Å². The van der Waals surface area contributed by atoms with Crippen LogP contribution in [0.4, 0.5) is 0 Å².